The summed E-state index contributed by atoms with van der Waals surface area (Å²) in [6.45, 7) is 2.61. The van der Waals surface area contributed by atoms with Crippen LogP contribution in [0.15, 0.2) is 41.3 Å². The van der Waals surface area contributed by atoms with Crippen molar-refractivity contribution in [1.82, 2.24) is 4.31 Å². The Hall–Kier alpha value is -1.80. The van der Waals surface area contributed by atoms with E-state index in [0.29, 0.717) is 40.1 Å². The zero-order chi connectivity index (χ0) is 21.0. The van der Waals surface area contributed by atoms with Gasteiger partial charge in [0.2, 0.25) is 10.0 Å². The van der Waals surface area contributed by atoms with Crippen molar-refractivity contribution in [3.05, 3.63) is 52.0 Å². The lowest BCUT2D eigenvalue weighted by atomic mass is 10.2. The van der Waals surface area contributed by atoms with E-state index in [-0.39, 0.29) is 11.5 Å². The van der Waals surface area contributed by atoms with Gasteiger partial charge < -0.3 is 10.1 Å². The summed E-state index contributed by atoms with van der Waals surface area (Å²) in [5, 5.41) is 3.45. The van der Waals surface area contributed by atoms with Gasteiger partial charge in [0.15, 0.2) is 6.61 Å². The van der Waals surface area contributed by atoms with Crippen LogP contribution in [0.4, 0.5) is 5.69 Å². The summed E-state index contributed by atoms with van der Waals surface area (Å²) >= 11 is 11.9. The summed E-state index contributed by atoms with van der Waals surface area (Å²) in [6, 6.07) is 9.43. The summed E-state index contributed by atoms with van der Waals surface area (Å²) in [5.74, 6) is 0.0542. The lowest BCUT2D eigenvalue weighted by molar-refractivity contribution is -0.118. The fourth-order valence-corrected chi connectivity index (χ4v) is 5.18. The standard InChI is InChI=1S/C20H22Cl2N2O4S/c1-14-11-16(29(26,27)24-9-3-2-4-10-24)6-8-19(14)28-13-20(25)23-18-7-5-15(21)12-17(18)22/h5-8,11-12H,2-4,9-10,13H2,1H3,(H,23,25). The number of aryl methyl sites for hydroxylation is 1. The number of carbonyl (C=O) groups excluding carboxylic acids is 1. The fourth-order valence-electron chi connectivity index (χ4n) is 3.12. The van der Waals surface area contributed by atoms with Crippen LogP contribution in [-0.2, 0) is 14.8 Å². The number of rotatable bonds is 6. The number of hydrogen-bond acceptors (Lipinski definition) is 4. The predicted molar refractivity (Wildman–Crippen MR) is 114 cm³/mol. The molecule has 156 valence electrons. The fraction of sp³-hybridized carbons (Fsp3) is 0.350. The quantitative estimate of drug-likeness (QED) is 0.694. The minimum atomic E-state index is -3.51. The summed E-state index contributed by atoms with van der Waals surface area (Å²) < 4.78 is 32.6. The molecule has 0 atom stereocenters. The molecule has 0 unspecified atom stereocenters. The topological polar surface area (TPSA) is 75.7 Å². The first-order valence-electron chi connectivity index (χ1n) is 9.26. The highest BCUT2D eigenvalue weighted by Crippen LogP contribution is 2.27. The van der Waals surface area contributed by atoms with Crippen molar-refractivity contribution in [3.63, 3.8) is 0 Å². The Kier molecular flexibility index (Phi) is 7.05. The summed E-state index contributed by atoms with van der Waals surface area (Å²) in [4.78, 5) is 12.4. The number of nitrogens with one attached hydrogen (secondary N) is 1. The SMILES string of the molecule is Cc1cc(S(=O)(=O)N2CCCCC2)ccc1OCC(=O)Nc1ccc(Cl)cc1Cl. The van der Waals surface area contributed by atoms with Gasteiger partial charge in [-0.15, -0.1) is 0 Å². The van der Waals surface area contributed by atoms with Crippen LogP contribution in [0.5, 0.6) is 5.75 Å². The average molecular weight is 457 g/mol. The van der Waals surface area contributed by atoms with Crippen LogP contribution in [0.25, 0.3) is 0 Å². The molecule has 0 radical (unpaired) electrons. The van der Waals surface area contributed by atoms with Crippen molar-refractivity contribution in [2.75, 3.05) is 25.0 Å². The van der Waals surface area contributed by atoms with E-state index in [0.717, 1.165) is 19.3 Å². The van der Waals surface area contributed by atoms with E-state index in [1.165, 1.54) is 16.4 Å². The molecule has 1 saturated heterocycles. The van der Waals surface area contributed by atoms with Crippen molar-refractivity contribution in [2.24, 2.45) is 0 Å². The molecule has 29 heavy (non-hydrogen) atoms. The largest absolute Gasteiger partial charge is 0.483 e. The normalized spacial score (nSPS) is 15.1. The molecule has 1 aliphatic rings. The molecule has 0 aromatic heterocycles. The van der Waals surface area contributed by atoms with E-state index in [2.05, 4.69) is 5.32 Å². The lowest BCUT2D eigenvalue weighted by Crippen LogP contribution is -2.35. The van der Waals surface area contributed by atoms with E-state index >= 15 is 0 Å². The smallest absolute Gasteiger partial charge is 0.262 e. The van der Waals surface area contributed by atoms with Gasteiger partial charge in [-0.25, -0.2) is 8.42 Å². The van der Waals surface area contributed by atoms with E-state index in [1.54, 1.807) is 31.2 Å². The van der Waals surface area contributed by atoms with Gasteiger partial charge in [0.25, 0.3) is 5.91 Å². The molecule has 1 amide bonds. The van der Waals surface area contributed by atoms with Gasteiger partial charge in [-0.1, -0.05) is 29.6 Å². The first kappa shape index (κ1) is 21.9. The third-order valence-electron chi connectivity index (χ3n) is 4.66. The molecule has 1 heterocycles. The second-order valence-corrected chi connectivity index (χ2v) is 9.63. The number of piperidine rings is 1. The van der Waals surface area contributed by atoms with Gasteiger partial charge in [-0.05, 0) is 61.7 Å². The maximum absolute atomic E-state index is 12.8. The van der Waals surface area contributed by atoms with Crippen LogP contribution < -0.4 is 10.1 Å². The van der Waals surface area contributed by atoms with Crippen molar-refractivity contribution in [3.8, 4) is 5.75 Å². The van der Waals surface area contributed by atoms with E-state index < -0.39 is 15.9 Å². The average Bonchev–Trinajstić information content (AvgIpc) is 2.70. The molecule has 9 heteroatoms. The lowest BCUT2D eigenvalue weighted by Gasteiger charge is -2.26. The Labute approximate surface area is 180 Å². The molecule has 3 rings (SSSR count). The Bertz CT molecular complexity index is 1010. The van der Waals surface area contributed by atoms with Crippen LogP contribution in [0, 0.1) is 6.92 Å². The molecule has 0 aliphatic carbocycles. The monoisotopic (exact) mass is 456 g/mol. The van der Waals surface area contributed by atoms with Crippen LogP contribution in [0.1, 0.15) is 24.8 Å². The number of halogens is 2. The van der Waals surface area contributed by atoms with Crippen molar-refractivity contribution >= 4 is 44.8 Å². The Morgan fingerprint density at radius 3 is 2.48 bits per heavy atom. The van der Waals surface area contributed by atoms with Crippen LogP contribution in [-0.4, -0.2) is 38.3 Å². The maximum atomic E-state index is 12.8. The Morgan fingerprint density at radius 1 is 1.10 bits per heavy atom. The minimum Gasteiger partial charge on any atom is -0.483 e. The second kappa shape index (κ2) is 9.34. The molecule has 0 bridgehead atoms. The van der Waals surface area contributed by atoms with Crippen LogP contribution in [0.2, 0.25) is 10.0 Å². The molecular formula is C20H22Cl2N2O4S. The Balaban J connectivity index is 1.64. The zero-order valence-corrected chi connectivity index (χ0v) is 18.3. The Morgan fingerprint density at radius 2 is 1.83 bits per heavy atom. The maximum Gasteiger partial charge on any atom is 0.262 e. The van der Waals surface area contributed by atoms with Gasteiger partial charge in [0.1, 0.15) is 5.75 Å². The van der Waals surface area contributed by atoms with Crippen LogP contribution >= 0.6 is 23.2 Å². The first-order chi connectivity index (χ1) is 13.8. The minimum absolute atomic E-state index is 0.238. The highest BCUT2D eigenvalue weighted by molar-refractivity contribution is 7.89. The van der Waals surface area contributed by atoms with Crippen molar-refractivity contribution < 1.29 is 17.9 Å². The van der Waals surface area contributed by atoms with Crippen molar-refractivity contribution in [1.29, 1.82) is 0 Å². The third kappa shape index (κ3) is 5.42. The zero-order valence-electron chi connectivity index (χ0n) is 16.0. The van der Waals surface area contributed by atoms with E-state index in [4.69, 9.17) is 27.9 Å². The summed E-state index contributed by atoms with van der Waals surface area (Å²) in [7, 11) is -3.51. The van der Waals surface area contributed by atoms with Gasteiger partial charge in [-0.3, -0.25) is 4.79 Å². The number of amides is 1. The predicted octanol–water partition coefficient (Wildman–Crippen LogP) is 4.49. The number of benzene rings is 2. The van der Waals surface area contributed by atoms with Gasteiger partial charge in [0.05, 0.1) is 15.6 Å². The van der Waals surface area contributed by atoms with E-state index in [9.17, 15) is 13.2 Å². The first-order valence-corrected chi connectivity index (χ1v) is 11.5. The van der Waals surface area contributed by atoms with Crippen molar-refractivity contribution in [2.45, 2.75) is 31.1 Å². The second-order valence-electron chi connectivity index (χ2n) is 6.85. The summed E-state index contributed by atoms with van der Waals surface area (Å²) in [6.07, 6.45) is 2.82. The molecule has 2 aromatic rings. The third-order valence-corrected chi connectivity index (χ3v) is 7.11. The van der Waals surface area contributed by atoms with Gasteiger partial charge in [0, 0.05) is 18.1 Å². The molecule has 1 fully saturated rings. The number of anilines is 1. The number of carbonyl (C=O) groups is 1. The molecule has 0 spiro atoms. The number of sulfonamides is 1. The highest BCUT2D eigenvalue weighted by atomic mass is 35.5. The molecule has 1 aliphatic heterocycles. The molecule has 0 saturated carbocycles. The van der Waals surface area contributed by atoms with Crippen LogP contribution in [0.3, 0.4) is 0 Å². The summed E-state index contributed by atoms with van der Waals surface area (Å²) in [5.41, 5.74) is 1.07. The number of hydrogen-bond donors (Lipinski definition) is 1. The molecule has 2 aromatic carbocycles. The number of ether oxygens (including phenoxy) is 1. The number of nitrogens with zero attached hydrogens (tertiary/aromatic N) is 1. The van der Waals surface area contributed by atoms with Gasteiger partial charge in [-0.2, -0.15) is 4.31 Å². The highest BCUT2D eigenvalue weighted by Gasteiger charge is 2.26. The molecule has 1 N–H and O–H groups in total. The van der Waals surface area contributed by atoms with Gasteiger partial charge >= 0.3 is 0 Å². The molecule has 6 nitrogen and oxygen atoms in total. The molecular weight excluding hydrogens is 435 g/mol. The van der Waals surface area contributed by atoms with E-state index in [1.807, 2.05) is 0 Å².